The fourth-order valence-corrected chi connectivity index (χ4v) is 2.70. The van der Waals surface area contributed by atoms with Crippen molar-refractivity contribution in [3.8, 4) is 0 Å². The van der Waals surface area contributed by atoms with E-state index in [1.165, 1.54) is 12.1 Å². The van der Waals surface area contributed by atoms with Crippen LogP contribution < -0.4 is 5.32 Å². The average molecular weight is 388 g/mol. The molecule has 4 nitrogen and oxygen atoms in total. The second-order valence-corrected chi connectivity index (χ2v) is 6.38. The van der Waals surface area contributed by atoms with Crippen molar-refractivity contribution in [1.82, 2.24) is 15.3 Å². The number of aromatic nitrogens is 2. The first-order valence-corrected chi connectivity index (χ1v) is 8.31. The molecule has 1 amide bonds. The molecule has 3 rings (SSSR count). The van der Waals surface area contributed by atoms with Crippen molar-refractivity contribution >= 4 is 17.5 Å². The summed E-state index contributed by atoms with van der Waals surface area (Å²) in [6, 6.07) is 4.80. The van der Waals surface area contributed by atoms with Gasteiger partial charge in [0.15, 0.2) is 0 Å². The van der Waals surface area contributed by atoms with Crippen LogP contribution in [-0.2, 0) is 12.6 Å². The zero-order valence-electron chi connectivity index (χ0n) is 13.4. The number of nitrogens with one attached hydrogen (secondary N) is 1. The summed E-state index contributed by atoms with van der Waals surface area (Å²) < 4.78 is 52.6. The third-order valence-electron chi connectivity index (χ3n) is 3.90. The first-order valence-electron chi connectivity index (χ1n) is 7.93. The molecular weight excluding hydrogens is 374 g/mol. The van der Waals surface area contributed by atoms with Crippen LogP contribution in [0.25, 0.3) is 0 Å². The molecule has 0 saturated heterocycles. The predicted molar refractivity (Wildman–Crippen MR) is 86.5 cm³/mol. The highest BCUT2D eigenvalue weighted by atomic mass is 35.5. The van der Waals surface area contributed by atoms with Crippen molar-refractivity contribution in [2.75, 3.05) is 6.54 Å². The molecule has 138 valence electrons. The van der Waals surface area contributed by atoms with E-state index in [1.54, 1.807) is 0 Å². The number of carbonyl (C=O) groups excluding carboxylic acids is 1. The molecule has 0 bridgehead atoms. The third kappa shape index (κ3) is 4.30. The molecule has 1 fully saturated rings. The van der Waals surface area contributed by atoms with Crippen molar-refractivity contribution in [1.29, 1.82) is 0 Å². The minimum Gasteiger partial charge on any atom is -0.351 e. The molecule has 0 aliphatic heterocycles. The van der Waals surface area contributed by atoms with E-state index >= 15 is 0 Å². The largest absolute Gasteiger partial charge is 0.433 e. The lowest BCUT2D eigenvalue weighted by molar-refractivity contribution is -0.141. The minimum absolute atomic E-state index is 0.0124. The van der Waals surface area contributed by atoms with Gasteiger partial charge in [-0.15, -0.1) is 0 Å². The molecule has 2 aromatic rings. The quantitative estimate of drug-likeness (QED) is 0.784. The van der Waals surface area contributed by atoms with Gasteiger partial charge in [-0.05, 0) is 31.0 Å². The lowest BCUT2D eigenvalue weighted by Crippen LogP contribution is -2.27. The number of amides is 1. The fourth-order valence-electron chi connectivity index (χ4n) is 2.45. The summed E-state index contributed by atoms with van der Waals surface area (Å²) in [5.74, 6) is -1.50. The van der Waals surface area contributed by atoms with E-state index in [2.05, 4.69) is 15.3 Å². The summed E-state index contributed by atoms with van der Waals surface area (Å²) in [6.07, 6.45) is -2.97. The molecule has 1 aliphatic rings. The number of hydrogen-bond acceptors (Lipinski definition) is 3. The molecule has 1 heterocycles. The molecule has 0 radical (unpaired) electrons. The Balaban J connectivity index is 1.70. The lowest BCUT2D eigenvalue weighted by atomic mass is 10.2. The molecule has 1 aromatic carbocycles. The number of benzene rings is 1. The summed E-state index contributed by atoms with van der Waals surface area (Å²) in [7, 11) is 0. The minimum atomic E-state index is -4.56. The SMILES string of the molecule is O=C(NCCc1nc(C2CC2)cc(C(F)(F)F)n1)c1c(F)cccc1Cl. The van der Waals surface area contributed by atoms with E-state index in [1.807, 2.05) is 0 Å². The standard InChI is InChI=1S/C17H14ClF4N3O/c18-10-2-1-3-11(19)15(10)16(26)23-7-6-14-24-12(9-4-5-9)8-13(25-14)17(20,21)22/h1-3,8-9H,4-7H2,(H,23,26). The van der Waals surface area contributed by atoms with E-state index in [-0.39, 0.29) is 35.3 Å². The average Bonchev–Trinajstić information content (AvgIpc) is 3.38. The Labute approximate surface area is 151 Å². The van der Waals surface area contributed by atoms with Crippen molar-refractivity contribution in [2.45, 2.75) is 31.4 Å². The Bertz CT molecular complexity index is 817. The Morgan fingerprint density at radius 3 is 2.62 bits per heavy atom. The predicted octanol–water partition coefficient (Wildman–Crippen LogP) is 4.14. The Morgan fingerprint density at radius 2 is 2.00 bits per heavy atom. The van der Waals surface area contributed by atoms with Crippen LogP contribution in [0.15, 0.2) is 24.3 Å². The van der Waals surface area contributed by atoms with E-state index < -0.39 is 23.6 Å². The van der Waals surface area contributed by atoms with Gasteiger partial charge in [-0.2, -0.15) is 13.2 Å². The second-order valence-electron chi connectivity index (χ2n) is 5.97. The van der Waals surface area contributed by atoms with Crippen molar-refractivity contribution in [2.24, 2.45) is 0 Å². The molecule has 1 saturated carbocycles. The van der Waals surface area contributed by atoms with Crippen LogP contribution in [0, 0.1) is 5.82 Å². The molecule has 0 unspecified atom stereocenters. The number of halogens is 5. The second kappa shape index (κ2) is 7.19. The van der Waals surface area contributed by atoms with Gasteiger partial charge >= 0.3 is 6.18 Å². The Morgan fingerprint density at radius 1 is 1.27 bits per heavy atom. The maximum absolute atomic E-state index is 13.7. The lowest BCUT2D eigenvalue weighted by Gasteiger charge is -2.11. The zero-order valence-corrected chi connectivity index (χ0v) is 14.2. The molecular formula is C17H14ClF4N3O. The van der Waals surface area contributed by atoms with Gasteiger partial charge in [-0.25, -0.2) is 14.4 Å². The zero-order chi connectivity index (χ0) is 18.9. The normalized spacial score (nSPS) is 14.3. The van der Waals surface area contributed by atoms with Crippen LogP contribution in [0.1, 0.15) is 46.3 Å². The topological polar surface area (TPSA) is 54.9 Å². The van der Waals surface area contributed by atoms with Crippen LogP contribution >= 0.6 is 11.6 Å². The molecule has 0 atom stereocenters. The van der Waals surface area contributed by atoms with E-state index in [0.717, 1.165) is 25.0 Å². The van der Waals surface area contributed by atoms with Crippen molar-refractivity contribution in [3.05, 3.63) is 57.9 Å². The Kier molecular flexibility index (Phi) is 5.13. The molecule has 9 heteroatoms. The highest BCUT2D eigenvalue weighted by Crippen LogP contribution is 2.40. The highest BCUT2D eigenvalue weighted by Gasteiger charge is 2.35. The van der Waals surface area contributed by atoms with Gasteiger partial charge in [0.05, 0.1) is 10.6 Å². The summed E-state index contributed by atoms with van der Waals surface area (Å²) in [4.78, 5) is 19.7. The van der Waals surface area contributed by atoms with E-state index in [0.29, 0.717) is 5.69 Å². The monoisotopic (exact) mass is 387 g/mol. The van der Waals surface area contributed by atoms with Gasteiger partial charge in [0.25, 0.3) is 5.91 Å². The first kappa shape index (κ1) is 18.6. The summed E-state index contributed by atoms with van der Waals surface area (Å²) in [6.45, 7) is -0.0467. The van der Waals surface area contributed by atoms with Gasteiger partial charge in [0.1, 0.15) is 17.3 Å². The van der Waals surface area contributed by atoms with Crippen molar-refractivity contribution in [3.63, 3.8) is 0 Å². The molecule has 1 aromatic heterocycles. The van der Waals surface area contributed by atoms with Gasteiger partial charge in [-0.1, -0.05) is 17.7 Å². The summed E-state index contributed by atoms with van der Waals surface area (Å²) in [5.41, 5.74) is -0.934. The highest BCUT2D eigenvalue weighted by molar-refractivity contribution is 6.33. The molecule has 26 heavy (non-hydrogen) atoms. The molecule has 1 N–H and O–H groups in total. The summed E-state index contributed by atoms with van der Waals surface area (Å²) >= 11 is 5.80. The maximum Gasteiger partial charge on any atom is 0.433 e. The Hall–Kier alpha value is -2.22. The first-order chi connectivity index (χ1) is 12.3. The number of hydrogen-bond donors (Lipinski definition) is 1. The molecule has 0 spiro atoms. The summed E-state index contributed by atoms with van der Waals surface area (Å²) in [5, 5.41) is 2.38. The number of carbonyl (C=O) groups is 1. The van der Waals surface area contributed by atoms with Gasteiger partial charge in [0, 0.05) is 24.6 Å². The van der Waals surface area contributed by atoms with Crippen LogP contribution in [0.5, 0.6) is 0 Å². The van der Waals surface area contributed by atoms with Gasteiger partial charge < -0.3 is 5.32 Å². The third-order valence-corrected chi connectivity index (χ3v) is 4.22. The fraction of sp³-hybridized carbons (Fsp3) is 0.353. The number of alkyl halides is 3. The van der Waals surface area contributed by atoms with Crippen LogP contribution in [0.3, 0.4) is 0 Å². The number of rotatable bonds is 5. The van der Waals surface area contributed by atoms with Crippen molar-refractivity contribution < 1.29 is 22.4 Å². The van der Waals surface area contributed by atoms with Crippen LogP contribution in [-0.4, -0.2) is 22.4 Å². The smallest absolute Gasteiger partial charge is 0.351 e. The van der Waals surface area contributed by atoms with E-state index in [4.69, 9.17) is 11.6 Å². The number of nitrogens with zero attached hydrogens (tertiary/aromatic N) is 2. The molecule has 1 aliphatic carbocycles. The van der Waals surface area contributed by atoms with Crippen LogP contribution in [0.2, 0.25) is 5.02 Å². The van der Waals surface area contributed by atoms with Gasteiger partial charge in [0.2, 0.25) is 0 Å². The van der Waals surface area contributed by atoms with Gasteiger partial charge in [-0.3, -0.25) is 4.79 Å². The maximum atomic E-state index is 13.7. The van der Waals surface area contributed by atoms with E-state index in [9.17, 15) is 22.4 Å². The van der Waals surface area contributed by atoms with Crippen LogP contribution in [0.4, 0.5) is 17.6 Å².